The van der Waals surface area contributed by atoms with Crippen molar-refractivity contribution < 1.29 is 4.79 Å². The highest BCUT2D eigenvalue weighted by Gasteiger charge is 2.22. The standard InChI is InChI=1S/C13H18N2O/c1-9(14)13(16)15-12-8-4-6-10-5-2-3-7-11(10)12/h2-3,5,7,9,12H,4,6,8,14H2,1H3,(H,15,16)/t9?,12-/m1/s1. The summed E-state index contributed by atoms with van der Waals surface area (Å²) < 4.78 is 0. The summed E-state index contributed by atoms with van der Waals surface area (Å²) in [5.74, 6) is -0.0679. The first-order valence-electron chi connectivity index (χ1n) is 5.82. The highest BCUT2D eigenvalue weighted by Crippen LogP contribution is 2.29. The first-order chi connectivity index (χ1) is 7.68. The van der Waals surface area contributed by atoms with Crippen LogP contribution in [0.3, 0.4) is 0 Å². The van der Waals surface area contributed by atoms with Crippen LogP contribution in [0.5, 0.6) is 0 Å². The second-order valence-corrected chi connectivity index (χ2v) is 4.44. The summed E-state index contributed by atoms with van der Waals surface area (Å²) in [5.41, 5.74) is 8.16. The molecule has 1 aromatic carbocycles. The van der Waals surface area contributed by atoms with Crippen LogP contribution in [0, 0.1) is 0 Å². The van der Waals surface area contributed by atoms with Crippen molar-refractivity contribution >= 4 is 5.91 Å². The SMILES string of the molecule is CC(N)C(=O)N[C@@H]1CCCc2ccccc21. The molecule has 16 heavy (non-hydrogen) atoms. The van der Waals surface area contributed by atoms with E-state index >= 15 is 0 Å². The van der Waals surface area contributed by atoms with E-state index in [0.717, 1.165) is 19.3 Å². The maximum Gasteiger partial charge on any atom is 0.237 e. The molecule has 0 spiro atoms. The van der Waals surface area contributed by atoms with Gasteiger partial charge in [0.2, 0.25) is 5.91 Å². The largest absolute Gasteiger partial charge is 0.348 e. The van der Waals surface area contributed by atoms with Crippen molar-refractivity contribution in [2.24, 2.45) is 5.73 Å². The molecule has 0 saturated carbocycles. The normalized spacial score (nSPS) is 21.0. The number of nitrogens with one attached hydrogen (secondary N) is 1. The molecule has 0 saturated heterocycles. The number of hydrogen-bond donors (Lipinski definition) is 2. The van der Waals surface area contributed by atoms with Crippen LogP contribution in [-0.2, 0) is 11.2 Å². The van der Waals surface area contributed by atoms with Crippen molar-refractivity contribution in [1.82, 2.24) is 5.32 Å². The quantitative estimate of drug-likeness (QED) is 0.791. The number of carbonyl (C=O) groups excluding carboxylic acids is 1. The van der Waals surface area contributed by atoms with Gasteiger partial charge >= 0.3 is 0 Å². The van der Waals surface area contributed by atoms with E-state index in [2.05, 4.69) is 23.5 Å². The molecule has 0 fully saturated rings. The predicted octanol–water partition coefficient (Wildman–Crippen LogP) is 1.53. The Balaban J connectivity index is 2.16. The molecular weight excluding hydrogens is 200 g/mol. The maximum atomic E-state index is 11.6. The molecule has 1 aromatic rings. The van der Waals surface area contributed by atoms with Gasteiger partial charge in [-0.25, -0.2) is 0 Å². The van der Waals surface area contributed by atoms with E-state index in [1.54, 1.807) is 6.92 Å². The zero-order chi connectivity index (χ0) is 11.5. The Kier molecular flexibility index (Phi) is 3.25. The summed E-state index contributed by atoms with van der Waals surface area (Å²) in [7, 11) is 0. The van der Waals surface area contributed by atoms with Crippen molar-refractivity contribution in [2.75, 3.05) is 0 Å². The van der Waals surface area contributed by atoms with Crippen LogP contribution < -0.4 is 11.1 Å². The van der Waals surface area contributed by atoms with Crippen molar-refractivity contribution in [1.29, 1.82) is 0 Å². The molecule has 0 bridgehead atoms. The minimum absolute atomic E-state index is 0.0679. The molecule has 3 heteroatoms. The number of amides is 1. The van der Waals surface area contributed by atoms with Crippen molar-refractivity contribution in [3.8, 4) is 0 Å². The summed E-state index contributed by atoms with van der Waals surface area (Å²) in [6, 6.07) is 8.02. The predicted molar refractivity (Wildman–Crippen MR) is 63.9 cm³/mol. The van der Waals surface area contributed by atoms with Gasteiger partial charge in [0.15, 0.2) is 0 Å². The third-order valence-electron chi connectivity index (χ3n) is 3.10. The Bertz CT molecular complexity index is 387. The first kappa shape index (κ1) is 11.1. The van der Waals surface area contributed by atoms with Crippen LogP contribution in [0.15, 0.2) is 24.3 Å². The summed E-state index contributed by atoms with van der Waals surface area (Å²) in [6.07, 6.45) is 3.25. The van der Waals surface area contributed by atoms with E-state index in [1.165, 1.54) is 11.1 Å². The first-order valence-corrected chi connectivity index (χ1v) is 5.82. The average Bonchev–Trinajstić information content (AvgIpc) is 2.29. The summed E-state index contributed by atoms with van der Waals surface area (Å²) >= 11 is 0. The fraction of sp³-hybridized carbons (Fsp3) is 0.462. The third kappa shape index (κ3) is 2.25. The number of carbonyl (C=O) groups is 1. The lowest BCUT2D eigenvalue weighted by Gasteiger charge is -2.26. The lowest BCUT2D eigenvalue weighted by molar-refractivity contribution is -0.122. The second-order valence-electron chi connectivity index (χ2n) is 4.44. The van der Waals surface area contributed by atoms with Gasteiger partial charge in [0.25, 0.3) is 0 Å². The fourth-order valence-corrected chi connectivity index (χ4v) is 2.21. The fourth-order valence-electron chi connectivity index (χ4n) is 2.21. The van der Waals surface area contributed by atoms with Gasteiger partial charge in [0.05, 0.1) is 12.1 Å². The number of fused-ring (bicyclic) bond motifs is 1. The molecule has 0 aromatic heterocycles. The summed E-state index contributed by atoms with van der Waals surface area (Å²) in [5, 5.41) is 3.01. The average molecular weight is 218 g/mol. The van der Waals surface area contributed by atoms with Crippen LogP contribution >= 0.6 is 0 Å². The zero-order valence-electron chi connectivity index (χ0n) is 9.57. The van der Waals surface area contributed by atoms with E-state index < -0.39 is 6.04 Å². The molecule has 3 N–H and O–H groups in total. The number of benzene rings is 1. The van der Waals surface area contributed by atoms with Gasteiger partial charge < -0.3 is 11.1 Å². The molecule has 0 heterocycles. The molecule has 1 aliphatic carbocycles. The van der Waals surface area contributed by atoms with Crippen LogP contribution in [0.2, 0.25) is 0 Å². The highest BCUT2D eigenvalue weighted by atomic mass is 16.2. The molecule has 0 aliphatic heterocycles. The smallest absolute Gasteiger partial charge is 0.237 e. The monoisotopic (exact) mass is 218 g/mol. The van der Waals surface area contributed by atoms with Crippen LogP contribution in [0.4, 0.5) is 0 Å². The van der Waals surface area contributed by atoms with Crippen molar-refractivity contribution in [3.63, 3.8) is 0 Å². The number of hydrogen-bond acceptors (Lipinski definition) is 2. The van der Waals surface area contributed by atoms with E-state index in [9.17, 15) is 4.79 Å². The lowest BCUT2D eigenvalue weighted by Crippen LogP contribution is -2.41. The Labute approximate surface area is 96.0 Å². The van der Waals surface area contributed by atoms with E-state index in [0.29, 0.717) is 0 Å². The Morgan fingerprint density at radius 2 is 2.25 bits per heavy atom. The van der Waals surface area contributed by atoms with Gasteiger partial charge in [-0.05, 0) is 37.3 Å². The summed E-state index contributed by atoms with van der Waals surface area (Å²) in [6.45, 7) is 1.71. The van der Waals surface area contributed by atoms with Gasteiger partial charge in [0.1, 0.15) is 0 Å². The Hall–Kier alpha value is -1.35. The number of nitrogens with two attached hydrogens (primary N) is 1. The molecular formula is C13H18N2O. The van der Waals surface area contributed by atoms with Gasteiger partial charge in [-0.2, -0.15) is 0 Å². The van der Waals surface area contributed by atoms with Gasteiger partial charge in [-0.1, -0.05) is 24.3 Å². The number of rotatable bonds is 2. The molecule has 0 radical (unpaired) electrons. The van der Waals surface area contributed by atoms with E-state index in [-0.39, 0.29) is 11.9 Å². The molecule has 2 rings (SSSR count). The molecule has 3 nitrogen and oxygen atoms in total. The zero-order valence-corrected chi connectivity index (χ0v) is 9.57. The van der Waals surface area contributed by atoms with Gasteiger partial charge in [-0.3, -0.25) is 4.79 Å². The van der Waals surface area contributed by atoms with Crippen LogP contribution in [-0.4, -0.2) is 11.9 Å². The van der Waals surface area contributed by atoms with Crippen LogP contribution in [0.1, 0.15) is 36.9 Å². The molecule has 2 atom stereocenters. The highest BCUT2D eigenvalue weighted by molar-refractivity contribution is 5.81. The Morgan fingerprint density at radius 1 is 1.50 bits per heavy atom. The lowest BCUT2D eigenvalue weighted by atomic mass is 9.87. The molecule has 1 aliphatic rings. The summed E-state index contributed by atoms with van der Waals surface area (Å²) in [4.78, 5) is 11.6. The minimum Gasteiger partial charge on any atom is -0.348 e. The van der Waals surface area contributed by atoms with E-state index in [1.807, 2.05) is 6.07 Å². The number of aryl methyl sites for hydroxylation is 1. The molecule has 86 valence electrons. The second kappa shape index (κ2) is 4.66. The van der Waals surface area contributed by atoms with Crippen molar-refractivity contribution in [3.05, 3.63) is 35.4 Å². The third-order valence-corrected chi connectivity index (χ3v) is 3.10. The Morgan fingerprint density at radius 3 is 3.00 bits per heavy atom. The van der Waals surface area contributed by atoms with E-state index in [4.69, 9.17) is 5.73 Å². The van der Waals surface area contributed by atoms with Gasteiger partial charge in [-0.15, -0.1) is 0 Å². The molecule has 1 amide bonds. The van der Waals surface area contributed by atoms with Crippen LogP contribution in [0.25, 0.3) is 0 Å². The maximum absolute atomic E-state index is 11.6. The topological polar surface area (TPSA) is 55.1 Å². The van der Waals surface area contributed by atoms with Crippen molar-refractivity contribution in [2.45, 2.75) is 38.3 Å². The minimum atomic E-state index is -0.436. The van der Waals surface area contributed by atoms with Gasteiger partial charge in [0, 0.05) is 0 Å². The molecule has 1 unspecified atom stereocenters.